The lowest BCUT2D eigenvalue weighted by atomic mass is 10.1. The number of benzene rings is 2. The maximum absolute atomic E-state index is 11.9. The summed E-state index contributed by atoms with van der Waals surface area (Å²) in [6.07, 6.45) is 0. The SMILES string of the molecule is C=C(Nc1c(C(N)=O)oc2cc(C)ccc12)c1ccc(-c2ccc(OC)cc2)o1. The Labute approximate surface area is 167 Å². The number of furan rings is 2. The van der Waals surface area contributed by atoms with Crippen LogP contribution in [0.3, 0.4) is 0 Å². The fraction of sp³-hybridized carbons (Fsp3) is 0.0870. The molecule has 3 N–H and O–H groups in total. The molecule has 0 spiro atoms. The minimum atomic E-state index is -0.660. The van der Waals surface area contributed by atoms with E-state index < -0.39 is 5.91 Å². The van der Waals surface area contributed by atoms with Crippen LogP contribution in [-0.2, 0) is 0 Å². The lowest BCUT2D eigenvalue weighted by Crippen LogP contribution is -2.12. The van der Waals surface area contributed by atoms with Crippen molar-refractivity contribution in [2.75, 3.05) is 12.4 Å². The first-order chi connectivity index (χ1) is 14.0. The van der Waals surface area contributed by atoms with E-state index in [0.717, 1.165) is 22.3 Å². The summed E-state index contributed by atoms with van der Waals surface area (Å²) in [5.41, 5.74) is 8.95. The number of nitrogens with two attached hydrogens (primary N) is 1. The summed E-state index contributed by atoms with van der Waals surface area (Å²) in [5, 5.41) is 3.87. The van der Waals surface area contributed by atoms with Gasteiger partial charge in [0.2, 0.25) is 5.76 Å². The Hall–Kier alpha value is -3.93. The number of methoxy groups -OCH3 is 1. The van der Waals surface area contributed by atoms with Gasteiger partial charge in [-0.2, -0.15) is 0 Å². The molecule has 0 radical (unpaired) electrons. The fourth-order valence-corrected chi connectivity index (χ4v) is 3.12. The number of carbonyl (C=O) groups excluding carboxylic acids is 1. The summed E-state index contributed by atoms with van der Waals surface area (Å²) >= 11 is 0. The van der Waals surface area contributed by atoms with E-state index in [4.69, 9.17) is 19.3 Å². The Morgan fingerprint density at radius 3 is 2.52 bits per heavy atom. The normalized spacial score (nSPS) is 10.8. The van der Waals surface area contributed by atoms with Gasteiger partial charge in [-0.25, -0.2) is 0 Å². The molecule has 6 heteroatoms. The van der Waals surface area contributed by atoms with Crippen LogP contribution in [0, 0.1) is 6.92 Å². The van der Waals surface area contributed by atoms with E-state index in [0.29, 0.717) is 28.5 Å². The molecule has 4 rings (SSSR count). The maximum Gasteiger partial charge on any atom is 0.286 e. The Morgan fingerprint density at radius 2 is 1.83 bits per heavy atom. The molecule has 2 aromatic heterocycles. The van der Waals surface area contributed by atoms with E-state index in [1.165, 1.54) is 0 Å². The van der Waals surface area contributed by atoms with E-state index in [9.17, 15) is 4.79 Å². The summed E-state index contributed by atoms with van der Waals surface area (Å²) < 4.78 is 16.8. The smallest absolute Gasteiger partial charge is 0.286 e. The Morgan fingerprint density at radius 1 is 1.07 bits per heavy atom. The van der Waals surface area contributed by atoms with Crippen molar-refractivity contribution >= 4 is 28.3 Å². The van der Waals surface area contributed by atoms with Gasteiger partial charge in [0.15, 0.2) is 0 Å². The van der Waals surface area contributed by atoms with Gasteiger partial charge >= 0.3 is 0 Å². The van der Waals surface area contributed by atoms with E-state index in [-0.39, 0.29) is 5.76 Å². The van der Waals surface area contributed by atoms with Crippen molar-refractivity contribution in [2.45, 2.75) is 6.92 Å². The minimum absolute atomic E-state index is 0.0497. The number of hydrogen-bond donors (Lipinski definition) is 2. The van der Waals surface area contributed by atoms with Crippen molar-refractivity contribution in [3.05, 3.63) is 78.3 Å². The van der Waals surface area contributed by atoms with Crippen molar-refractivity contribution in [1.82, 2.24) is 0 Å². The summed E-state index contributed by atoms with van der Waals surface area (Å²) in [5.74, 6) is 1.38. The zero-order valence-electron chi connectivity index (χ0n) is 16.1. The van der Waals surface area contributed by atoms with Crippen LogP contribution in [0.1, 0.15) is 21.9 Å². The van der Waals surface area contributed by atoms with Crippen molar-refractivity contribution < 1.29 is 18.4 Å². The van der Waals surface area contributed by atoms with Gasteiger partial charge in [-0.3, -0.25) is 4.79 Å². The van der Waals surface area contributed by atoms with Crippen LogP contribution in [0.15, 0.2) is 70.0 Å². The molecule has 0 aliphatic carbocycles. The number of rotatable bonds is 6. The summed E-state index contributed by atoms with van der Waals surface area (Å²) in [7, 11) is 1.62. The number of ether oxygens (including phenoxy) is 1. The zero-order valence-corrected chi connectivity index (χ0v) is 16.1. The Kier molecular flexibility index (Phi) is 4.60. The molecule has 1 amide bonds. The molecule has 0 fully saturated rings. The third-order valence-electron chi connectivity index (χ3n) is 4.62. The van der Waals surface area contributed by atoms with Crippen LogP contribution >= 0.6 is 0 Å². The standard InChI is InChI=1S/C23H20N2O4/c1-13-4-9-17-20(12-13)29-22(23(24)26)21(17)25-14(2)18-10-11-19(28-18)15-5-7-16(27-3)8-6-15/h4-12,25H,2H2,1,3H3,(H2,24,26). The molecule has 0 aliphatic rings. The average Bonchev–Trinajstić information content (AvgIpc) is 3.33. The predicted octanol–water partition coefficient (Wildman–Crippen LogP) is 5.19. The van der Waals surface area contributed by atoms with Gasteiger partial charge in [-0.05, 0) is 61.0 Å². The number of aryl methyl sites for hydroxylation is 1. The van der Waals surface area contributed by atoms with Crippen LogP contribution in [0.2, 0.25) is 0 Å². The first-order valence-electron chi connectivity index (χ1n) is 9.00. The van der Waals surface area contributed by atoms with Gasteiger partial charge in [0.1, 0.15) is 22.9 Å². The number of hydrogen-bond acceptors (Lipinski definition) is 5. The summed E-state index contributed by atoms with van der Waals surface area (Å²) in [6, 6.07) is 16.9. The topological polar surface area (TPSA) is 90.6 Å². The molecule has 146 valence electrons. The van der Waals surface area contributed by atoms with Crippen LogP contribution < -0.4 is 15.8 Å². The van der Waals surface area contributed by atoms with E-state index in [1.807, 2.05) is 61.5 Å². The highest BCUT2D eigenvalue weighted by atomic mass is 16.5. The molecule has 6 nitrogen and oxygen atoms in total. The van der Waals surface area contributed by atoms with Gasteiger partial charge in [-0.15, -0.1) is 0 Å². The molecule has 0 atom stereocenters. The highest BCUT2D eigenvalue weighted by Gasteiger charge is 2.20. The molecular formula is C23H20N2O4. The average molecular weight is 388 g/mol. The fourth-order valence-electron chi connectivity index (χ4n) is 3.12. The molecule has 0 saturated heterocycles. The molecular weight excluding hydrogens is 368 g/mol. The molecule has 4 aromatic rings. The van der Waals surface area contributed by atoms with Gasteiger partial charge < -0.3 is 24.6 Å². The van der Waals surface area contributed by atoms with Gasteiger partial charge in [0, 0.05) is 10.9 Å². The first kappa shape index (κ1) is 18.4. The van der Waals surface area contributed by atoms with Crippen LogP contribution in [0.25, 0.3) is 28.0 Å². The second kappa shape index (κ2) is 7.24. The first-order valence-corrected chi connectivity index (χ1v) is 9.00. The molecule has 0 aliphatic heterocycles. The molecule has 0 bridgehead atoms. The van der Waals surface area contributed by atoms with Crippen molar-refractivity contribution in [2.24, 2.45) is 5.73 Å². The monoisotopic (exact) mass is 388 g/mol. The third kappa shape index (κ3) is 3.48. The molecule has 0 unspecified atom stereocenters. The zero-order chi connectivity index (χ0) is 20.5. The van der Waals surface area contributed by atoms with Crippen molar-refractivity contribution in [1.29, 1.82) is 0 Å². The lowest BCUT2D eigenvalue weighted by Gasteiger charge is -2.07. The molecule has 0 saturated carbocycles. The van der Waals surface area contributed by atoms with Crippen molar-refractivity contribution in [3.63, 3.8) is 0 Å². The maximum atomic E-state index is 11.9. The van der Waals surface area contributed by atoms with Gasteiger partial charge in [0.25, 0.3) is 5.91 Å². The Bertz CT molecular complexity index is 1220. The van der Waals surface area contributed by atoms with Gasteiger partial charge in [0.05, 0.1) is 18.5 Å². The largest absolute Gasteiger partial charge is 0.497 e. The number of primary amides is 1. The number of amides is 1. The van der Waals surface area contributed by atoms with Crippen LogP contribution in [-0.4, -0.2) is 13.0 Å². The Balaban J connectivity index is 1.64. The number of carbonyl (C=O) groups is 1. The highest BCUT2D eigenvalue weighted by Crippen LogP contribution is 2.34. The minimum Gasteiger partial charge on any atom is -0.497 e. The molecule has 2 aromatic carbocycles. The third-order valence-corrected chi connectivity index (χ3v) is 4.62. The number of fused-ring (bicyclic) bond motifs is 1. The van der Waals surface area contributed by atoms with E-state index in [1.54, 1.807) is 7.11 Å². The van der Waals surface area contributed by atoms with E-state index >= 15 is 0 Å². The van der Waals surface area contributed by atoms with Crippen LogP contribution in [0.4, 0.5) is 5.69 Å². The molecule has 2 heterocycles. The summed E-state index contributed by atoms with van der Waals surface area (Å²) in [4.78, 5) is 11.9. The van der Waals surface area contributed by atoms with Gasteiger partial charge in [-0.1, -0.05) is 12.6 Å². The molecule has 29 heavy (non-hydrogen) atoms. The second-order valence-electron chi connectivity index (χ2n) is 6.67. The summed E-state index contributed by atoms with van der Waals surface area (Å²) in [6.45, 7) is 5.99. The lowest BCUT2D eigenvalue weighted by molar-refractivity contribution is 0.0977. The van der Waals surface area contributed by atoms with Crippen LogP contribution in [0.5, 0.6) is 5.75 Å². The van der Waals surface area contributed by atoms with Crippen molar-refractivity contribution in [3.8, 4) is 17.1 Å². The number of anilines is 1. The second-order valence-corrected chi connectivity index (χ2v) is 6.67. The van der Waals surface area contributed by atoms with E-state index in [2.05, 4.69) is 11.9 Å². The number of nitrogens with one attached hydrogen (secondary N) is 1. The quantitative estimate of drug-likeness (QED) is 0.474. The highest BCUT2D eigenvalue weighted by molar-refractivity contribution is 6.07. The predicted molar refractivity (Wildman–Crippen MR) is 113 cm³/mol.